The lowest BCUT2D eigenvalue weighted by Gasteiger charge is -2.13. The van der Waals surface area contributed by atoms with Gasteiger partial charge in [-0.3, -0.25) is 0 Å². The average Bonchev–Trinajstić information content (AvgIpc) is 2.69. The Kier molecular flexibility index (Phi) is 11.6. The summed E-state index contributed by atoms with van der Waals surface area (Å²) in [4.78, 5) is 0. The Morgan fingerprint density at radius 1 is 1.00 bits per heavy atom. The van der Waals surface area contributed by atoms with Gasteiger partial charge in [0, 0.05) is 25.7 Å². The minimum atomic E-state index is 0.264. The molecule has 0 saturated carbocycles. The first-order valence-corrected chi connectivity index (χ1v) is 9.30. The Balaban J connectivity index is 2.99. The van der Waals surface area contributed by atoms with Crippen molar-refractivity contribution in [3.8, 4) is 0 Å². The molecule has 2 nitrogen and oxygen atoms in total. The number of hydrogen-bond donors (Lipinski definition) is 2. The molecule has 27 heavy (non-hydrogen) atoms. The van der Waals surface area contributed by atoms with Gasteiger partial charge >= 0.3 is 0 Å². The predicted octanol–water partition coefficient (Wildman–Crippen LogP) is 5.48. The number of nitrogens with one attached hydrogen (secondary N) is 2. The second-order valence-corrected chi connectivity index (χ2v) is 6.01. The summed E-state index contributed by atoms with van der Waals surface area (Å²) in [6, 6.07) is 10.5. The molecule has 0 radical (unpaired) electrons. The zero-order chi connectivity index (χ0) is 19.7. The minimum Gasteiger partial charge on any atom is -0.394 e. The molecule has 0 aliphatic rings. The molecule has 0 bridgehead atoms. The van der Waals surface area contributed by atoms with Gasteiger partial charge in [0.15, 0.2) is 0 Å². The van der Waals surface area contributed by atoms with Crippen LogP contribution in [-0.2, 0) is 6.42 Å². The second-order valence-electron chi connectivity index (χ2n) is 6.01. The van der Waals surface area contributed by atoms with Gasteiger partial charge in [-0.1, -0.05) is 91.6 Å². The summed E-state index contributed by atoms with van der Waals surface area (Å²) in [5, 5.41) is 6.25. The van der Waals surface area contributed by atoms with Crippen molar-refractivity contribution in [1.29, 1.82) is 0 Å². The van der Waals surface area contributed by atoms with Gasteiger partial charge in [0.1, 0.15) is 0 Å². The molecule has 1 aromatic rings. The van der Waals surface area contributed by atoms with Crippen LogP contribution in [0.2, 0.25) is 0 Å². The molecule has 0 spiro atoms. The monoisotopic (exact) mass is 360 g/mol. The highest BCUT2D eigenvalue weighted by atomic mass is 14.8. The molecule has 1 atom stereocenters. The Labute approximate surface area is 165 Å². The first-order valence-electron chi connectivity index (χ1n) is 9.30. The summed E-state index contributed by atoms with van der Waals surface area (Å²) in [6.07, 6.45) is 23.4. The van der Waals surface area contributed by atoms with E-state index in [-0.39, 0.29) is 5.92 Å². The summed E-state index contributed by atoms with van der Waals surface area (Å²) < 4.78 is 0. The third-order valence-electron chi connectivity index (χ3n) is 3.87. The maximum absolute atomic E-state index is 4.18. The van der Waals surface area contributed by atoms with Crippen LogP contribution in [0.25, 0.3) is 0 Å². The Morgan fingerprint density at radius 3 is 2.41 bits per heavy atom. The molecule has 1 rings (SSSR count). The fourth-order valence-corrected chi connectivity index (χ4v) is 2.49. The van der Waals surface area contributed by atoms with Gasteiger partial charge < -0.3 is 10.6 Å². The van der Waals surface area contributed by atoms with Crippen LogP contribution in [0.4, 0.5) is 0 Å². The van der Waals surface area contributed by atoms with Crippen molar-refractivity contribution in [2.24, 2.45) is 5.92 Å². The van der Waals surface area contributed by atoms with Crippen LogP contribution in [0, 0.1) is 5.92 Å². The Morgan fingerprint density at radius 2 is 1.74 bits per heavy atom. The number of likely N-dealkylation sites (N-methyl/N-ethyl adjacent to an activating group) is 1. The van der Waals surface area contributed by atoms with E-state index < -0.39 is 0 Å². The van der Waals surface area contributed by atoms with Crippen LogP contribution in [0.1, 0.15) is 12.5 Å². The molecule has 0 aliphatic heterocycles. The average molecular weight is 361 g/mol. The lowest BCUT2D eigenvalue weighted by molar-refractivity contribution is 0.787. The highest BCUT2D eigenvalue weighted by Crippen LogP contribution is 2.16. The van der Waals surface area contributed by atoms with Gasteiger partial charge in [-0.25, -0.2) is 0 Å². The largest absolute Gasteiger partial charge is 0.394 e. The zero-order valence-electron chi connectivity index (χ0n) is 16.7. The van der Waals surface area contributed by atoms with Gasteiger partial charge in [0.25, 0.3) is 0 Å². The summed E-state index contributed by atoms with van der Waals surface area (Å²) in [5.41, 5.74) is 3.32. The van der Waals surface area contributed by atoms with Gasteiger partial charge in [-0.15, -0.1) is 0 Å². The van der Waals surface area contributed by atoms with E-state index in [1.807, 2.05) is 75.8 Å². The van der Waals surface area contributed by atoms with Gasteiger partial charge in [0.05, 0.1) is 0 Å². The quantitative estimate of drug-likeness (QED) is 0.510. The van der Waals surface area contributed by atoms with Crippen molar-refractivity contribution >= 4 is 0 Å². The first-order chi connectivity index (χ1) is 13.2. The van der Waals surface area contributed by atoms with Crippen LogP contribution in [0.5, 0.6) is 0 Å². The fraction of sp³-hybridized carbons (Fsp3) is 0.200. The summed E-state index contributed by atoms with van der Waals surface area (Å²) in [7, 11) is 3.82. The van der Waals surface area contributed by atoms with Crippen LogP contribution >= 0.6 is 0 Å². The van der Waals surface area contributed by atoms with E-state index in [0.717, 1.165) is 17.7 Å². The van der Waals surface area contributed by atoms with Gasteiger partial charge in [-0.2, -0.15) is 0 Å². The summed E-state index contributed by atoms with van der Waals surface area (Å²) >= 11 is 0. The summed E-state index contributed by atoms with van der Waals surface area (Å²) in [5.74, 6) is 0.264. The van der Waals surface area contributed by atoms with Gasteiger partial charge in [-0.05, 0) is 36.8 Å². The number of benzene rings is 1. The van der Waals surface area contributed by atoms with Crippen LogP contribution < -0.4 is 10.6 Å². The van der Waals surface area contributed by atoms with E-state index in [9.17, 15) is 0 Å². The molecule has 0 saturated heterocycles. The molecule has 2 N–H and O–H groups in total. The fourth-order valence-electron chi connectivity index (χ4n) is 2.49. The van der Waals surface area contributed by atoms with E-state index in [2.05, 4.69) is 59.7 Å². The molecular formula is C25H32N2. The van der Waals surface area contributed by atoms with Crippen molar-refractivity contribution in [3.05, 3.63) is 121 Å². The highest BCUT2D eigenvalue weighted by molar-refractivity contribution is 5.38. The lowest BCUT2D eigenvalue weighted by atomic mass is 9.96. The molecule has 0 fully saturated rings. The van der Waals surface area contributed by atoms with E-state index in [1.54, 1.807) is 0 Å². The molecule has 1 unspecified atom stereocenters. The Hall–Kier alpha value is -3.00. The summed E-state index contributed by atoms with van der Waals surface area (Å²) in [6.45, 7) is 6.18. The van der Waals surface area contributed by atoms with E-state index >= 15 is 0 Å². The SMILES string of the molecule is C=C(/C=C\C=C/C)/C(=C/C(/C=C/C=C\C=C/NC)Cc1ccccc1)NC. The number of hydrogen-bond acceptors (Lipinski definition) is 2. The molecule has 0 amide bonds. The minimum absolute atomic E-state index is 0.264. The standard InChI is InChI=1S/C25H32N2/c1-5-6-10-15-22(2)25(27-4)21-24(18-11-7-8-14-19-26-3)20-23-16-12-9-13-17-23/h5-19,21,24,26-27H,2,20H2,1,3-4H3/b6-5-,8-7-,15-10-,18-11+,19-14-,25-21-. The topological polar surface area (TPSA) is 24.1 Å². The molecule has 0 aromatic heterocycles. The third kappa shape index (κ3) is 9.91. The van der Waals surface area contributed by atoms with Crippen molar-refractivity contribution < 1.29 is 0 Å². The zero-order valence-corrected chi connectivity index (χ0v) is 16.7. The van der Waals surface area contributed by atoms with E-state index in [1.165, 1.54) is 5.56 Å². The molecule has 1 aromatic carbocycles. The molecule has 2 heteroatoms. The molecule has 142 valence electrons. The number of rotatable bonds is 11. The molecule has 0 aliphatic carbocycles. The van der Waals surface area contributed by atoms with Gasteiger partial charge in [0.2, 0.25) is 0 Å². The lowest BCUT2D eigenvalue weighted by Crippen LogP contribution is -2.10. The maximum atomic E-state index is 4.18. The first kappa shape index (κ1) is 22.0. The third-order valence-corrected chi connectivity index (χ3v) is 3.87. The van der Waals surface area contributed by atoms with E-state index in [4.69, 9.17) is 0 Å². The van der Waals surface area contributed by atoms with Crippen molar-refractivity contribution in [3.63, 3.8) is 0 Å². The highest BCUT2D eigenvalue weighted by Gasteiger charge is 2.06. The van der Waals surface area contributed by atoms with Crippen molar-refractivity contribution in [2.45, 2.75) is 13.3 Å². The maximum Gasteiger partial charge on any atom is 0.0370 e. The predicted molar refractivity (Wildman–Crippen MR) is 120 cm³/mol. The smallest absolute Gasteiger partial charge is 0.0370 e. The van der Waals surface area contributed by atoms with Crippen LogP contribution in [0.3, 0.4) is 0 Å². The van der Waals surface area contributed by atoms with E-state index in [0.29, 0.717) is 0 Å². The van der Waals surface area contributed by atoms with Crippen molar-refractivity contribution in [1.82, 2.24) is 10.6 Å². The van der Waals surface area contributed by atoms with Crippen molar-refractivity contribution in [2.75, 3.05) is 14.1 Å². The van der Waals surface area contributed by atoms with Crippen LogP contribution in [0.15, 0.2) is 115 Å². The molecular weight excluding hydrogens is 328 g/mol. The molecule has 0 heterocycles. The van der Waals surface area contributed by atoms with Crippen LogP contribution in [-0.4, -0.2) is 14.1 Å². The second kappa shape index (κ2) is 14.2. The normalized spacial score (nSPS) is 14.1. The number of allylic oxidation sites excluding steroid dienone is 10. The Bertz CT molecular complexity index is 716.